The number of carbonyl (C=O) groups is 2. The van der Waals surface area contributed by atoms with Gasteiger partial charge in [0.2, 0.25) is 11.8 Å². The Hall–Kier alpha value is -2.42. The Bertz CT molecular complexity index is 812. The van der Waals surface area contributed by atoms with E-state index in [1.165, 1.54) is 6.07 Å². The van der Waals surface area contributed by atoms with Gasteiger partial charge in [-0.3, -0.25) is 9.59 Å². The molecule has 1 aliphatic heterocycles. The molecule has 1 heterocycles. The summed E-state index contributed by atoms with van der Waals surface area (Å²) in [5, 5.41) is 12.1. The van der Waals surface area contributed by atoms with E-state index in [9.17, 15) is 19.2 Å². The molecule has 142 valence electrons. The highest BCUT2D eigenvalue weighted by Gasteiger charge is 2.47. The van der Waals surface area contributed by atoms with Crippen LogP contribution in [0.25, 0.3) is 0 Å². The summed E-state index contributed by atoms with van der Waals surface area (Å²) < 4.78 is 13.9. The largest absolute Gasteiger partial charge is 0.338 e. The first kappa shape index (κ1) is 18.0. The molecule has 0 saturated heterocycles. The van der Waals surface area contributed by atoms with Crippen molar-refractivity contribution in [3.05, 3.63) is 35.1 Å². The lowest BCUT2D eigenvalue weighted by Gasteiger charge is -2.36. The quantitative estimate of drug-likeness (QED) is 0.890. The molecular weight excluding hydrogens is 345 g/mol. The molecule has 1 N–H and O–H groups in total. The van der Waals surface area contributed by atoms with Crippen molar-refractivity contribution in [2.75, 3.05) is 6.54 Å². The number of carbonyl (C=O) groups excluding carboxylic acids is 2. The van der Waals surface area contributed by atoms with Crippen molar-refractivity contribution in [1.29, 1.82) is 5.26 Å². The minimum atomic E-state index is -0.705. The number of nitriles is 1. The van der Waals surface area contributed by atoms with Crippen molar-refractivity contribution in [2.45, 2.75) is 57.0 Å². The summed E-state index contributed by atoms with van der Waals surface area (Å²) in [6.45, 7) is 0.888. The lowest BCUT2D eigenvalue weighted by Crippen LogP contribution is -2.48. The summed E-state index contributed by atoms with van der Waals surface area (Å²) in [4.78, 5) is 27.7. The SMILES string of the molecule is N#CC1(NC(=O)[C@@H]2CCCC[C@H]2C(=O)N2CCc3c(F)cccc3C2)CC1. The maximum Gasteiger partial charge on any atom is 0.226 e. The standard InChI is InChI=1S/C21H24FN3O2/c22-18-7-3-4-14-12-25(11-8-15(14)18)20(27)17-6-2-1-5-16(17)19(26)24-21(13-23)9-10-21/h3-4,7,16-17H,1-2,5-6,8-12H2,(H,24,26)/t16-,17-/m1/s1. The monoisotopic (exact) mass is 369 g/mol. The molecule has 2 saturated carbocycles. The Morgan fingerprint density at radius 2 is 1.96 bits per heavy atom. The molecule has 1 aromatic rings. The fraction of sp³-hybridized carbons (Fsp3) is 0.571. The average molecular weight is 369 g/mol. The molecule has 0 unspecified atom stereocenters. The Balaban J connectivity index is 1.48. The van der Waals surface area contributed by atoms with Gasteiger partial charge in [0.1, 0.15) is 11.4 Å². The smallest absolute Gasteiger partial charge is 0.226 e. The van der Waals surface area contributed by atoms with Crippen LogP contribution in [-0.4, -0.2) is 28.8 Å². The molecule has 2 atom stereocenters. The zero-order valence-corrected chi connectivity index (χ0v) is 15.3. The van der Waals surface area contributed by atoms with Crippen LogP contribution in [0.5, 0.6) is 0 Å². The number of nitrogens with zero attached hydrogens (tertiary/aromatic N) is 2. The Morgan fingerprint density at radius 3 is 2.67 bits per heavy atom. The molecular formula is C21H24FN3O2. The predicted molar refractivity (Wildman–Crippen MR) is 96.7 cm³/mol. The van der Waals surface area contributed by atoms with Crippen LogP contribution in [0.4, 0.5) is 4.39 Å². The van der Waals surface area contributed by atoms with Crippen molar-refractivity contribution in [3.63, 3.8) is 0 Å². The minimum Gasteiger partial charge on any atom is -0.338 e. The summed E-state index contributed by atoms with van der Waals surface area (Å²) >= 11 is 0. The summed E-state index contributed by atoms with van der Waals surface area (Å²) in [5.74, 6) is -1.09. The van der Waals surface area contributed by atoms with Crippen LogP contribution in [0.2, 0.25) is 0 Å². The molecule has 0 aromatic heterocycles. The average Bonchev–Trinajstić information content (AvgIpc) is 3.47. The number of amides is 2. The second-order valence-corrected chi connectivity index (χ2v) is 8.07. The van der Waals surface area contributed by atoms with Crippen LogP contribution in [-0.2, 0) is 22.6 Å². The Kier molecular flexibility index (Phi) is 4.63. The fourth-order valence-electron chi connectivity index (χ4n) is 4.44. The van der Waals surface area contributed by atoms with E-state index < -0.39 is 5.54 Å². The van der Waals surface area contributed by atoms with E-state index in [1.807, 2.05) is 6.07 Å². The summed E-state index contributed by atoms with van der Waals surface area (Å²) in [5.41, 5.74) is 0.848. The highest BCUT2D eigenvalue weighted by Crippen LogP contribution is 2.38. The number of hydrogen-bond donors (Lipinski definition) is 1. The van der Waals surface area contributed by atoms with E-state index in [0.717, 1.165) is 18.4 Å². The van der Waals surface area contributed by atoms with Crippen molar-refractivity contribution >= 4 is 11.8 Å². The molecule has 2 fully saturated rings. The van der Waals surface area contributed by atoms with Crippen LogP contribution in [0.15, 0.2) is 18.2 Å². The van der Waals surface area contributed by atoms with E-state index in [-0.39, 0.29) is 29.5 Å². The van der Waals surface area contributed by atoms with Crippen molar-refractivity contribution in [2.24, 2.45) is 11.8 Å². The number of halogens is 1. The zero-order chi connectivity index (χ0) is 19.0. The van der Waals surface area contributed by atoms with Gasteiger partial charge >= 0.3 is 0 Å². The van der Waals surface area contributed by atoms with E-state index in [2.05, 4.69) is 11.4 Å². The number of fused-ring (bicyclic) bond motifs is 1. The minimum absolute atomic E-state index is 0.00781. The highest BCUT2D eigenvalue weighted by atomic mass is 19.1. The molecule has 4 rings (SSSR count). The number of benzene rings is 1. The van der Waals surface area contributed by atoms with E-state index in [1.54, 1.807) is 11.0 Å². The van der Waals surface area contributed by atoms with Gasteiger partial charge in [0.25, 0.3) is 0 Å². The van der Waals surface area contributed by atoms with Crippen LogP contribution in [0.3, 0.4) is 0 Å². The fourth-order valence-corrected chi connectivity index (χ4v) is 4.44. The van der Waals surface area contributed by atoms with Crippen LogP contribution in [0, 0.1) is 29.0 Å². The lowest BCUT2D eigenvalue weighted by atomic mass is 9.77. The first-order valence-electron chi connectivity index (χ1n) is 9.81. The molecule has 0 radical (unpaired) electrons. The van der Waals surface area contributed by atoms with Crippen molar-refractivity contribution in [1.82, 2.24) is 10.2 Å². The lowest BCUT2D eigenvalue weighted by molar-refractivity contribution is -0.144. The molecule has 5 nitrogen and oxygen atoms in total. The normalized spacial score (nSPS) is 25.9. The molecule has 27 heavy (non-hydrogen) atoms. The summed E-state index contributed by atoms with van der Waals surface area (Å²) in [6, 6.07) is 7.19. The zero-order valence-electron chi connectivity index (χ0n) is 15.3. The first-order valence-corrected chi connectivity index (χ1v) is 9.81. The number of hydrogen-bond acceptors (Lipinski definition) is 3. The number of rotatable bonds is 3. The third kappa shape index (κ3) is 3.43. The Labute approximate surface area is 158 Å². The van der Waals surface area contributed by atoms with Crippen molar-refractivity contribution < 1.29 is 14.0 Å². The molecule has 1 aromatic carbocycles. The number of nitrogens with one attached hydrogen (secondary N) is 1. The van der Waals surface area contributed by atoms with Gasteiger partial charge in [0.05, 0.1) is 6.07 Å². The van der Waals surface area contributed by atoms with Gasteiger partial charge in [0, 0.05) is 24.9 Å². The predicted octanol–water partition coefficient (Wildman–Crippen LogP) is 2.69. The van der Waals surface area contributed by atoms with Gasteiger partial charge in [-0.25, -0.2) is 4.39 Å². The highest BCUT2D eigenvalue weighted by molar-refractivity contribution is 5.88. The maximum absolute atomic E-state index is 13.9. The second-order valence-electron chi connectivity index (χ2n) is 8.07. The van der Waals surface area contributed by atoms with Gasteiger partial charge < -0.3 is 10.2 Å². The third-order valence-corrected chi connectivity index (χ3v) is 6.27. The van der Waals surface area contributed by atoms with Crippen molar-refractivity contribution in [3.8, 4) is 6.07 Å². The van der Waals surface area contributed by atoms with Crippen LogP contribution >= 0.6 is 0 Å². The van der Waals surface area contributed by atoms with E-state index >= 15 is 0 Å². The maximum atomic E-state index is 13.9. The second kappa shape index (κ2) is 6.95. The molecule has 2 amide bonds. The third-order valence-electron chi connectivity index (χ3n) is 6.27. The van der Waals surface area contributed by atoms with Gasteiger partial charge in [-0.1, -0.05) is 25.0 Å². The molecule has 0 bridgehead atoms. The molecule has 2 aliphatic carbocycles. The first-order chi connectivity index (χ1) is 13.0. The van der Waals surface area contributed by atoms with E-state index in [0.29, 0.717) is 50.8 Å². The van der Waals surface area contributed by atoms with Gasteiger partial charge in [-0.15, -0.1) is 0 Å². The molecule has 0 spiro atoms. The van der Waals surface area contributed by atoms with Gasteiger partial charge in [-0.05, 0) is 49.3 Å². The summed E-state index contributed by atoms with van der Waals surface area (Å²) in [6.07, 6.45) is 5.13. The van der Waals surface area contributed by atoms with E-state index in [4.69, 9.17) is 0 Å². The van der Waals surface area contributed by atoms with Crippen LogP contribution < -0.4 is 5.32 Å². The van der Waals surface area contributed by atoms with Crippen LogP contribution in [0.1, 0.15) is 49.7 Å². The topological polar surface area (TPSA) is 73.2 Å². The molecule has 3 aliphatic rings. The summed E-state index contributed by atoms with van der Waals surface area (Å²) in [7, 11) is 0. The molecule has 6 heteroatoms. The van der Waals surface area contributed by atoms with Gasteiger partial charge in [-0.2, -0.15) is 5.26 Å². The Morgan fingerprint density at radius 1 is 1.22 bits per heavy atom. The van der Waals surface area contributed by atoms with Gasteiger partial charge in [0.15, 0.2) is 0 Å².